The van der Waals surface area contributed by atoms with E-state index in [1.165, 1.54) is 5.56 Å². The number of hydrogen-bond donors (Lipinski definition) is 1. The first kappa shape index (κ1) is 11.9. The molecule has 1 unspecified atom stereocenters. The molecule has 1 atom stereocenters. The van der Waals surface area contributed by atoms with Crippen LogP contribution in [0.1, 0.15) is 17.2 Å². The summed E-state index contributed by atoms with van der Waals surface area (Å²) in [5.74, 6) is 0.769. The van der Waals surface area contributed by atoms with E-state index in [-0.39, 0.29) is 6.04 Å². The van der Waals surface area contributed by atoms with Crippen LogP contribution < -0.4 is 5.32 Å². The zero-order chi connectivity index (χ0) is 14.1. The summed E-state index contributed by atoms with van der Waals surface area (Å²) in [6, 6.07) is 20.7. The molecule has 1 N–H and O–H groups in total. The summed E-state index contributed by atoms with van der Waals surface area (Å²) in [4.78, 5) is 4.31. The van der Waals surface area contributed by atoms with Gasteiger partial charge in [0.05, 0.1) is 11.7 Å². The Labute approximate surface area is 122 Å². The van der Waals surface area contributed by atoms with Crippen LogP contribution in [0.3, 0.4) is 0 Å². The Kier molecular flexibility index (Phi) is 2.78. The van der Waals surface area contributed by atoms with Crippen molar-refractivity contribution < 1.29 is 0 Å². The third kappa shape index (κ3) is 2.10. The molecule has 102 valence electrons. The zero-order valence-corrected chi connectivity index (χ0v) is 11.3. The number of nitrogens with zero attached hydrogens (tertiary/aromatic N) is 3. The number of aromatic nitrogens is 3. The van der Waals surface area contributed by atoms with Crippen LogP contribution in [0.4, 0.5) is 5.95 Å². The predicted octanol–water partition coefficient (Wildman–Crippen LogP) is 3.33. The van der Waals surface area contributed by atoms with E-state index in [4.69, 9.17) is 0 Å². The zero-order valence-electron chi connectivity index (χ0n) is 11.3. The number of benzene rings is 2. The lowest BCUT2D eigenvalue weighted by Crippen LogP contribution is -2.19. The maximum Gasteiger partial charge on any atom is 0.226 e. The Balaban J connectivity index is 1.84. The topological polar surface area (TPSA) is 42.7 Å². The van der Waals surface area contributed by atoms with Crippen molar-refractivity contribution in [3.63, 3.8) is 0 Å². The van der Waals surface area contributed by atoms with E-state index < -0.39 is 0 Å². The number of rotatable bonds is 2. The highest BCUT2D eigenvalue weighted by Crippen LogP contribution is 2.31. The maximum absolute atomic E-state index is 4.32. The second kappa shape index (κ2) is 4.90. The van der Waals surface area contributed by atoms with Crippen LogP contribution >= 0.6 is 0 Å². The monoisotopic (exact) mass is 274 g/mol. The second-order valence-electron chi connectivity index (χ2n) is 4.95. The molecule has 1 aromatic heterocycles. The summed E-state index contributed by atoms with van der Waals surface area (Å²) in [6.45, 7) is 0. The Morgan fingerprint density at radius 3 is 2.38 bits per heavy atom. The first-order valence-electron chi connectivity index (χ1n) is 6.91. The highest BCUT2D eigenvalue weighted by atomic mass is 15.4. The van der Waals surface area contributed by atoms with Gasteiger partial charge in [-0.15, -0.1) is 0 Å². The van der Waals surface area contributed by atoms with Crippen molar-refractivity contribution >= 4 is 11.6 Å². The van der Waals surface area contributed by atoms with Gasteiger partial charge in [0, 0.05) is 5.56 Å². The van der Waals surface area contributed by atoms with Crippen molar-refractivity contribution in [2.24, 2.45) is 0 Å². The third-order valence-corrected chi connectivity index (χ3v) is 3.61. The Hall–Kier alpha value is -2.88. The Morgan fingerprint density at radius 2 is 1.62 bits per heavy atom. The van der Waals surface area contributed by atoms with E-state index in [1.807, 2.05) is 41.1 Å². The van der Waals surface area contributed by atoms with E-state index in [0.717, 1.165) is 17.2 Å². The second-order valence-corrected chi connectivity index (χ2v) is 4.95. The molecule has 0 saturated carbocycles. The van der Waals surface area contributed by atoms with Crippen LogP contribution in [0.25, 0.3) is 5.70 Å². The molecular formula is C17H14N4. The molecule has 0 saturated heterocycles. The summed E-state index contributed by atoms with van der Waals surface area (Å²) in [6.07, 6.45) is 3.76. The largest absolute Gasteiger partial charge is 0.344 e. The summed E-state index contributed by atoms with van der Waals surface area (Å²) >= 11 is 0. The molecule has 4 heteroatoms. The van der Waals surface area contributed by atoms with Crippen molar-refractivity contribution in [2.45, 2.75) is 6.04 Å². The van der Waals surface area contributed by atoms with Crippen LogP contribution in [0.2, 0.25) is 0 Å². The van der Waals surface area contributed by atoms with Crippen LogP contribution in [0.15, 0.2) is 73.1 Å². The average Bonchev–Trinajstić information content (AvgIpc) is 3.04. The van der Waals surface area contributed by atoms with E-state index in [9.17, 15) is 0 Å². The van der Waals surface area contributed by atoms with Gasteiger partial charge in [0.2, 0.25) is 5.95 Å². The molecule has 0 aliphatic carbocycles. The van der Waals surface area contributed by atoms with Gasteiger partial charge < -0.3 is 5.32 Å². The van der Waals surface area contributed by atoms with Gasteiger partial charge in [0.25, 0.3) is 0 Å². The molecule has 4 nitrogen and oxygen atoms in total. The summed E-state index contributed by atoms with van der Waals surface area (Å²) < 4.78 is 1.84. The molecule has 2 aromatic carbocycles. The number of nitrogens with one attached hydrogen (secondary N) is 1. The van der Waals surface area contributed by atoms with Gasteiger partial charge >= 0.3 is 0 Å². The van der Waals surface area contributed by atoms with Crippen LogP contribution in [0.5, 0.6) is 0 Å². The molecular weight excluding hydrogens is 260 g/mol. The minimum atomic E-state index is 0.0955. The molecule has 0 amide bonds. The summed E-state index contributed by atoms with van der Waals surface area (Å²) in [7, 11) is 0. The minimum Gasteiger partial charge on any atom is -0.344 e. The Bertz CT molecular complexity index is 775. The average molecular weight is 274 g/mol. The van der Waals surface area contributed by atoms with Crippen molar-refractivity contribution in [1.29, 1.82) is 0 Å². The van der Waals surface area contributed by atoms with Gasteiger partial charge in [0.1, 0.15) is 6.33 Å². The van der Waals surface area contributed by atoms with Gasteiger partial charge in [-0.3, -0.25) is 0 Å². The predicted molar refractivity (Wildman–Crippen MR) is 82.6 cm³/mol. The fourth-order valence-corrected chi connectivity index (χ4v) is 2.59. The van der Waals surface area contributed by atoms with E-state index >= 15 is 0 Å². The summed E-state index contributed by atoms with van der Waals surface area (Å²) in [5.41, 5.74) is 3.39. The van der Waals surface area contributed by atoms with Crippen LogP contribution in [0, 0.1) is 0 Å². The van der Waals surface area contributed by atoms with Gasteiger partial charge in [0.15, 0.2) is 0 Å². The molecule has 1 aliphatic heterocycles. The van der Waals surface area contributed by atoms with Crippen molar-refractivity contribution in [3.8, 4) is 0 Å². The first-order valence-corrected chi connectivity index (χ1v) is 6.91. The molecule has 21 heavy (non-hydrogen) atoms. The maximum atomic E-state index is 4.32. The molecule has 2 heterocycles. The van der Waals surface area contributed by atoms with Crippen molar-refractivity contribution in [2.75, 3.05) is 5.32 Å². The highest BCUT2D eigenvalue weighted by Gasteiger charge is 2.22. The van der Waals surface area contributed by atoms with Gasteiger partial charge in [-0.25, -0.2) is 0 Å². The standard InChI is InChI=1S/C17H14N4/c1-3-7-13(8-4-1)15-11-16(14-9-5-2-6-10-14)21-17(20-15)18-12-19-21/h1-12,15H,(H,18,19,20). The first-order chi connectivity index (χ1) is 10.4. The van der Waals surface area contributed by atoms with E-state index in [0.29, 0.717) is 0 Å². The molecule has 0 fully saturated rings. The molecule has 0 spiro atoms. The lowest BCUT2D eigenvalue weighted by molar-refractivity contribution is 0.828. The highest BCUT2D eigenvalue weighted by molar-refractivity contribution is 5.71. The number of hydrogen-bond acceptors (Lipinski definition) is 3. The van der Waals surface area contributed by atoms with Crippen molar-refractivity contribution in [3.05, 3.63) is 84.2 Å². The molecule has 0 radical (unpaired) electrons. The summed E-state index contributed by atoms with van der Waals surface area (Å²) in [5, 5.41) is 7.72. The van der Waals surface area contributed by atoms with Crippen LogP contribution in [-0.4, -0.2) is 14.8 Å². The molecule has 1 aliphatic rings. The normalized spacial score (nSPS) is 16.8. The minimum absolute atomic E-state index is 0.0955. The van der Waals surface area contributed by atoms with Gasteiger partial charge in [-0.05, 0) is 11.6 Å². The molecule has 3 aromatic rings. The third-order valence-electron chi connectivity index (χ3n) is 3.61. The SMILES string of the molecule is C1=C(c2ccccc2)n2ncnc2NC1c1ccccc1. The number of fused-ring (bicyclic) bond motifs is 1. The molecule has 4 rings (SSSR count). The number of anilines is 1. The van der Waals surface area contributed by atoms with Gasteiger partial charge in [-0.1, -0.05) is 60.7 Å². The fraction of sp³-hybridized carbons (Fsp3) is 0.0588. The molecule has 0 bridgehead atoms. The van der Waals surface area contributed by atoms with Crippen LogP contribution in [-0.2, 0) is 0 Å². The van der Waals surface area contributed by atoms with Crippen molar-refractivity contribution in [1.82, 2.24) is 14.8 Å². The van der Waals surface area contributed by atoms with Gasteiger partial charge in [-0.2, -0.15) is 14.8 Å². The van der Waals surface area contributed by atoms with E-state index in [1.54, 1.807) is 6.33 Å². The lowest BCUT2D eigenvalue weighted by Gasteiger charge is -2.24. The Morgan fingerprint density at radius 1 is 0.905 bits per heavy atom. The fourth-order valence-electron chi connectivity index (χ4n) is 2.59. The van der Waals surface area contributed by atoms with E-state index in [2.05, 4.69) is 45.7 Å². The smallest absolute Gasteiger partial charge is 0.226 e. The quantitative estimate of drug-likeness (QED) is 0.779. The lowest BCUT2D eigenvalue weighted by atomic mass is 10.0.